The normalized spacial score (nSPS) is 8.20. The summed E-state index contributed by atoms with van der Waals surface area (Å²) in [4.78, 5) is 0. The first kappa shape index (κ1) is 9.61. The molecule has 0 nitrogen and oxygen atoms in total. The van der Waals surface area contributed by atoms with Crippen LogP contribution in [-0.2, 0) is 17.1 Å². The van der Waals surface area contributed by atoms with Gasteiger partial charge in [0.25, 0.3) is 0 Å². The zero-order valence-corrected chi connectivity index (χ0v) is 7.19. The van der Waals surface area contributed by atoms with Crippen molar-refractivity contribution < 1.29 is 17.1 Å². The standard InChI is InChI=1S/C9H11.Cu.H/c1-3-9-6-4-8(2)5-7-9;;/h3-7H,1-2H3;;/q-1;+1;. The van der Waals surface area contributed by atoms with Crippen molar-refractivity contribution in [2.45, 2.75) is 13.8 Å². The number of hydrogen-bond acceptors (Lipinski definition) is 0. The van der Waals surface area contributed by atoms with Gasteiger partial charge in [-0.3, -0.25) is 0 Å². The Labute approximate surface area is 73.1 Å². The van der Waals surface area contributed by atoms with Crippen LogP contribution in [0.15, 0.2) is 24.3 Å². The molecule has 0 N–H and O–H groups in total. The summed E-state index contributed by atoms with van der Waals surface area (Å²) < 4.78 is 0. The molecule has 0 aromatic heterocycles. The molecule has 0 aliphatic carbocycles. The van der Waals surface area contributed by atoms with E-state index in [1.54, 1.807) is 0 Å². The van der Waals surface area contributed by atoms with Crippen molar-refractivity contribution in [2.24, 2.45) is 0 Å². The Morgan fingerprint density at radius 2 is 1.60 bits per heavy atom. The average Bonchev–Trinajstić information content (AvgIpc) is 1.90. The Morgan fingerprint density at radius 1 is 1.10 bits per heavy atom. The summed E-state index contributed by atoms with van der Waals surface area (Å²) in [6.07, 6.45) is 2.10. The van der Waals surface area contributed by atoms with E-state index >= 15 is 0 Å². The quantitative estimate of drug-likeness (QED) is 0.463. The summed E-state index contributed by atoms with van der Waals surface area (Å²) in [7, 11) is 0. The summed E-state index contributed by atoms with van der Waals surface area (Å²) in [5.41, 5.74) is 2.61. The van der Waals surface area contributed by atoms with E-state index in [9.17, 15) is 0 Å². The van der Waals surface area contributed by atoms with E-state index in [0.29, 0.717) is 0 Å². The minimum atomic E-state index is 0. The van der Waals surface area contributed by atoms with Gasteiger partial charge in [-0.05, 0) is 6.92 Å². The summed E-state index contributed by atoms with van der Waals surface area (Å²) in [5, 5.41) is 0. The number of rotatable bonds is 1. The Hall–Kier alpha value is -0.391. The van der Waals surface area contributed by atoms with Gasteiger partial charge in [0.05, 0.1) is 0 Å². The maximum atomic E-state index is 2.12. The minimum absolute atomic E-state index is 0. The fourth-order valence-corrected chi connectivity index (χ4v) is 0.759. The maximum absolute atomic E-state index is 2.12. The van der Waals surface area contributed by atoms with Crippen LogP contribution in [0.3, 0.4) is 0 Å². The molecule has 0 spiro atoms. The van der Waals surface area contributed by atoms with Crippen LogP contribution in [0.25, 0.3) is 0 Å². The second kappa shape index (κ2) is 4.43. The van der Waals surface area contributed by atoms with Gasteiger partial charge < -0.3 is 0 Å². The molecule has 10 heavy (non-hydrogen) atoms. The van der Waals surface area contributed by atoms with Gasteiger partial charge >= 0.3 is 17.1 Å². The summed E-state index contributed by atoms with van der Waals surface area (Å²) in [5.74, 6) is 0. The molecule has 1 aromatic rings. The molecule has 59 valence electrons. The van der Waals surface area contributed by atoms with Crippen LogP contribution in [0, 0.1) is 13.3 Å². The molecule has 1 rings (SSSR count). The molecule has 0 amide bonds. The van der Waals surface area contributed by atoms with E-state index in [-0.39, 0.29) is 17.1 Å². The van der Waals surface area contributed by atoms with Crippen LogP contribution in [0.5, 0.6) is 0 Å². The van der Waals surface area contributed by atoms with Crippen LogP contribution in [0.1, 0.15) is 18.1 Å². The number of hydrogen-bond donors (Lipinski definition) is 0. The second-order valence-electron chi connectivity index (χ2n) is 2.20. The van der Waals surface area contributed by atoms with E-state index in [2.05, 4.69) is 37.6 Å². The van der Waals surface area contributed by atoms with E-state index in [4.69, 9.17) is 0 Å². The van der Waals surface area contributed by atoms with Crippen molar-refractivity contribution in [2.75, 3.05) is 0 Å². The predicted molar refractivity (Wildman–Crippen MR) is 41.7 cm³/mol. The Morgan fingerprint density at radius 3 is 2.00 bits per heavy atom. The SMILES string of the molecule is C[CH-]c1ccc(C)cc1.[CuH+]. The number of benzene rings is 1. The molecular weight excluding hydrogens is 172 g/mol. The van der Waals surface area contributed by atoms with Gasteiger partial charge in [-0.1, -0.05) is 12.5 Å². The predicted octanol–water partition coefficient (Wildman–Crippen LogP) is 2.30. The Kier molecular flexibility index (Phi) is 4.26. The van der Waals surface area contributed by atoms with Crippen molar-refractivity contribution >= 4 is 0 Å². The van der Waals surface area contributed by atoms with Gasteiger partial charge in [0, 0.05) is 0 Å². The molecular formula is C9H12Cu. The molecule has 0 aliphatic rings. The third-order valence-corrected chi connectivity index (χ3v) is 1.41. The van der Waals surface area contributed by atoms with E-state index < -0.39 is 0 Å². The summed E-state index contributed by atoms with van der Waals surface area (Å²) in [6, 6.07) is 8.48. The van der Waals surface area contributed by atoms with Crippen molar-refractivity contribution in [3.05, 3.63) is 41.8 Å². The van der Waals surface area contributed by atoms with E-state index in [1.165, 1.54) is 11.1 Å². The average molecular weight is 184 g/mol. The van der Waals surface area contributed by atoms with Gasteiger partial charge in [-0.15, -0.1) is 12.1 Å². The summed E-state index contributed by atoms with van der Waals surface area (Å²) in [6.45, 7) is 4.14. The van der Waals surface area contributed by atoms with Crippen LogP contribution in [0.2, 0.25) is 0 Å². The molecule has 0 fully saturated rings. The van der Waals surface area contributed by atoms with Gasteiger partial charge in [0.15, 0.2) is 0 Å². The van der Waals surface area contributed by atoms with Gasteiger partial charge in [0.2, 0.25) is 0 Å². The second-order valence-corrected chi connectivity index (χ2v) is 2.20. The van der Waals surface area contributed by atoms with Crippen LogP contribution >= 0.6 is 0 Å². The fraction of sp³-hybridized carbons (Fsp3) is 0.222. The van der Waals surface area contributed by atoms with Gasteiger partial charge in [-0.25, -0.2) is 0 Å². The molecule has 0 bridgehead atoms. The third-order valence-electron chi connectivity index (χ3n) is 1.41. The third kappa shape index (κ3) is 2.47. The molecule has 0 saturated carbocycles. The number of aryl methyl sites for hydroxylation is 1. The topological polar surface area (TPSA) is 0 Å². The molecule has 0 heterocycles. The van der Waals surface area contributed by atoms with Crippen molar-refractivity contribution in [1.29, 1.82) is 0 Å². The molecule has 0 radical (unpaired) electrons. The molecule has 0 unspecified atom stereocenters. The first-order valence-corrected chi connectivity index (χ1v) is 3.19. The zero-order chi connectivity index (χ0) is 6.69. The Balaban J connectivity index is 0.000000810. The van der Waals surface area contributed by atoms with E-state index in [0.717, 1.165) is 0 Å². The molecule has 0 atom stereocenters. The first-order valence-electron chi connectivity index (χ1n) is 3.19. The van der Waals surface area contributed by atoms with Gasteiger partial charge in [-0.2, -0.15) is 24.1 Å². The fourth-order valence-electron chi connectivity index (χ4n) is 0.759. The summed E-state index contributed by atoms with van der Waals surface area (Å²) >= 11 is 0. The van der Waals surface area contributed by atoms with Crippen LogP contribution in [-0.4, -0.2) is 0 Å². The monoisotopic (exact) mass is 183 g/mol. The van der Waals surface area contributed by atoms with Crippen molar-refractivity contribution in [3.8, 4) is 0 Å². The van der Waals surface area contributed by atoms with E-state index in [1.807, 2.05) is 6.92 Å². The van der Waals surface area contributed by atoms with Crippen molar-refractivity contribution in [3.63, 3.8) is 0 Å². The van der Waals surface area contributed by atoms with Crippen molar-refractivity contribution in [1.82, 2.24) is 0 Å². The molecule has 0 saturated heterocycles. The van der Waals surface area contributed by atoms with Crippen LogP contribution in [0.4, 0.5) is 0 Å². The zero-order valence-electron chi connectivity index (χ0n) is 6.20. The first-order chi connectivity index (χ1) is 4.33. The van der Waals surface area contributed by atoms with Gasteiger partial charge in [0.1, 0.15) is 0 Å². The molecule has 0 aliphatic heterocycles. The molecule has 1 heteroatoms. The molecule has 1 aromatic carbocycles. The Bertz CT molecular complexity index is 176. The van der Waals surface area contributed by atoms with Crippen LogP contribution < -0.4 is 0 Å².